The molecule has 0 aromatic carbocycles. The minimum absolute atomic E-state index is 1.05. The molecule has 2 rings (SSSR count). The van der Waals surface area contributed by atoms with E-state index < -0.39 is 0 Å². The quantitative estimate of drug-likeness (QED) is 0.696. The van der Waals surface area contributed by atoms with Gasteiger partial charge in [-0.1, -0.05) is 6.42 Å². The van der Waals surface area contributed by atoms with E-state index >= 15 is 0 Å². The van der Waals surface area contributed by atoms with Gasteiger partial charge in [0.05, 0.1) is 0 Å². The van der Waals surface area contributed by atoms with Gasteiger partial charge in [0, 0.05) is 6.54 Å². The summed E-state index contributed by atoms with van der Waals surface area (Å²) in [6.07, 6.45) is 7.16. The zero-order valence-corrected chi connectivity index (χ0v) is 8.60. The van der Waals surface area contributed by atoms with Crippen molar-refractivity contribution in [3.63, 3.8) is 0 Å². The normalized spacial score (nSPS) is 27.7. The molecular formula is C11H22N2. The van der Waals surface area contributed by atoms with Gasteiger partial charge in [-0.3, -0.25) is 0 Å². The van der Waals surface area contributed by atoms with Crippen LogP contribution in [0.2, 0.25) is 0 Å². The van der Waals surface area contributed by atoms with Gasteiger partial charge in [0.2, 0.25) is 0 Å². The zero-order valence-electron chi connectivity index (χ0n) is 8.60. The second kappa shape index (κ2) is 4.97. The topological polar surface area (TPSA) is 15.3 Å². The lowest BCUT2D eigenvalue weighted by Crippen LogP contribution is -2.38. The molecule has 2 nitrogen and oxygen atoms in total. The van der Waals surface area contributed by atoms with Crippen LogP contribution in [0.5, 0.6) is 0 Å². The van der Waals surface area contributed by atoms with Crippen molar-refractivity contribution < 1.29 is 0 Å². The predicted octanol–water partition coefficient (Wildman–Crippen LogP) is 1.47. The molecule has 0 spiro atoms. The number of hydrogen-bond acceptors (Lipinski definition) is 2. The number of nitrogens with one attached hydrogen (secondary N) is 1. The van der Waals surface area contributed by atoms with Gasteiger partial charge in [-0.05, 0) is 57.8 Å². The van der Waals surface area contributed by atoms with Crippen LogP contribution in [0.1, 0.15) is 32.1 Å². The Kier molecular flexibility index (Phi) is 3.62. The summed E-state index contributed by atoms with van der Waals surface area (Å²) < 4.78 is 0. The Hall–Kier alpha value is -0.0800. The highest BCUT2D eigenvalue weighted by Crippen LogP contribution is 2.27. The average molecular weight is 182 g/mol. The first-order chi connectivity index (χ1) is 6.45. The molecule has 2 fully saturated rings. The van der Waals surface area contributed by atoms with Crippen LogP contribution in [0.3, 0.4) is 0 Å². The van der Waals surface area contributed by atoms with Gasteiger partial charge in [-0.2, -0.15) is 0 Å². The fraction of sp³-hybridized carbons (Fsp3) is 1.00. The van der Waals surface area contributed by atoms with E-state index in [0.29, 0.717) is 0 Å². The maximum atomic E-state index is 3.46. The van der Waals surface area contributed by atoms with E-state index in [2.05, 4.69) is 10.2 Å². The highest BCUT2D eigenvalue weighted by Gasteiger charge is 2.20. The summed E-state index contributed by atoms with van der Waals surface area (Å²) in [5.74, 6) is 1.05. The van der Waals surface area contributed by atoms with Crippen LogP contribution in [0.15, 0.2) is 0 Å². The maximum absolute atomic E-state index is 3.46. The second-order valence-electron chi connectivity index (χ2n) is 4.55. The van der Waals surface area contributed by atoms with E-state index in [1.807, 2.05) is 0 Å². The summed E-state index contributed by atoms with van der Waals surface area (Å²) in [4.78, 5) is 2.69. The third kappa shape index (κ3) is 2.96. The first-order valence-corrected chi connectivity index (χ1v) is 5.88. The number of hydrogen-bond donors (Lipinski definition) is 1. The Morgan fingerprint density at radius 2 is 1.69 bits per heavy atom. The molecule has 0 radical (unpaired) electrons. The van der Waals surface area contributed by atoms with Crippen molar-refractivity contribution in [3.05, 3.63) is 0 Å². The SMILES string of the molecule is C1CC(CN2CCCNCCC2)C1. The molecule has 0 aromatic rings. The molecule has 1 N–H and O–H groups in total. The summed E-state index contributed by atoms with van der Waals surface area (Å²) in [5, 5.41) is 3.46. The Morgan fingerprint density at radius 3 is 2.23 bits per heavy atom. The molecule has 1 saturated heterocycles. The summed E-state index contributed by atoms with van der Waals surface area (Å²) in [7, 11) is 0. The fourth-order valence-corrected chi connectivity index (χ4v) is 2.32. The monoisotopic (exact) mass is 182 g/mol. The second-order valence-corrected chi connectivity index (χ2v) is 4.55. The van der Waals surface area contributed by atoms with Crippen molar-refractivity contribution >= 4 is 0 Å². The summed E-state index contributed by atoms with van der Waals surface area (Å²) >= 11 is 0. The van der Waals surface area contributed by atoms with E-state index in [1.54, 1.807) is 0 Å². The van der Waals surface area contributed by atoms with Crippen molar-refractivity contribution in [2.75, 3.05) is 32.7 Å². The largest absolute Gasteiger partial charge is 0.317 e. The van der Waals surface area contributed by atoms with E-state index in [1.165, 1.54) is 64.8 Å². The van der Waals surface area contributed by atoms with Crippen molar-refractivity contribution in [2.45, 2.75) is 32.1 Å². The summed E-state index contributed by atoms with van der Waals surface area (Å²) in [6.45, 7) is 6.48. The van der Waals surface area contributed by atoms with Gasteiger partial charge in [0.1, 0.15) is 0 Å². The van der Waals surface area contributed by atoms with Gasteiger partial charge >= 0.3 is 0 Å². The highest BCUT2D eigenvalue weighted by molar-refractivity contribution is 4.75. The number of nitrogens with zero attached hydrogens (tertiary/aromatic N) is 1. The minimum Gasteiger partial charge on any atom is -0.317 e. The van der Waals surface area contributed by atoms with E-state index in [-0.39, 0.29) is 0 Å². The average Bonchev–Trinajstić information content (AvgIpc) is 1.99. The lowest BCUT2D eigenvalue weighted by atomic mass is 9.85. The van der Waals surface area contributed by atoms with E-state index in [0.717, 1.165) is 5.92 Å². The summed E-state index contributed by atoms with van der Waals surface area (Å²) in [6, 6.07) is 0. The van der Waals surface area contributed by atoms with Gasteiger partial charge < -0.3 is 10.2 Å². The Labute approximate surface area is 81.7 Å². The molecule has 1 aliphatic carbocycles. The first-order valence-electron chi connectivity index (χ1n) is 5.88. The van der Waals surface area contributed by atoms with Crippen LogP contribution < -0.4 is 5.32 Å². The molecule has 0 bridgehead atoms. The molecular weight excluding hydrogens is 160 g/mol. The van der Waals surface area contributed by atoms with Crippen molar-refractivity contribution in [1.29, 1.82) is 0 Å². The van der Waals surface area contributed by atoms with Crippen molar-refractivity contribution in [2.24, 2.45) is 5.92 Å². The zero-order chi connectivity index (χ0) is 8.93. The molecule has 76 valence electrons. The van der Waals surface area contributed by atoms with Gasteiger partial charge in [0.15, 0.2) is 0 Å². The maximum Gasteiger partial charge on any atom is 0.000967 e. The molecule has 1 saturated carbocycles. The van der Waals surface area contributed by atoms with Crippen LogP contribution in [-0.4, -0.2) is 37.6 Å². The number of rotatable bonds is 2. The van der Waals surface area contributed by atoms with Crippen LogP contribution in [-0.2, 0) is 0 Å². The Morgan fingerprint density at radius 1 is 1.00 bits per heavy atom. The predicted molar refractivity (Wildman–Crippen MR) is 55.9 cm³/mol. The minimum atomic E-state index is 1.05. The Balaban J connectivity index is 1.68. The van der Waals surface area contributed by atoms with Crippen LogP contribution >= 0.6 is 0 Å². The lowest BCUT2D eigenvalue weighted by molar-refractivity contribution is 0.169. The first kappa shape index (κ1) is 9.47. The van der Waals surface area contributed by atoms with Crippen molar-refractivity contribution in [3.8, 4) is 0 Å². The van der Waals surface area contributed by atoms with E-state index in [4.69, 9.17) is 0 Å². The molecule has 2 heteroatoms. The van der Waals surface area contributed by atoms with Crippen LogP contribution in [0.25, 0.3) is 0 Å². The smallest absolute Gasteiger partial charge is 0.000967 e. The third-order valence-corrected chi connectivity index (χ3v) is 3.40. The molecule has 0 amide bonds. The molecule has 1 heterocycles. The fourth-order valence-electron chi connectivity index (χ4n) is 2.32. The van der Waals surface area contributed by atoms with E-state index in [9.17, 15) is 0 Å². The molecule has 1 aliphatic heterocycles. The third-order valence-electron chi connectivity index (χ3n) is 3.40. The molecule has 0 unspecified atom stereocenters. The standard InChI is InChI=1S/C11H22N2/c1-4-11(5-1)10-13-8-2-6-12-7-3-9-13/h11-12H,1-10H2. The highest BCUT2D eigenvalue weighted by atomic mass is 15.1. The molecule has 2 aliphatic rings. The van der Waals surface area contributed by atoms with Crippen LogP contribution in [0, 0.1) is 5.92 Å². The van der Waals surface area contributed by atoms with Crippen LogP contribution in [0.4, 0.5) is 0 Å². The molecule has 0 aromatic heterocycles. The lowest BCUT2D eigenvalue weighted by Gasteiger charge is -2.33. The van der Waals surface area contributed by atoms with Gasteiger partial charge in [0.25, 0.3) is 0 Å². The Bertz CT molecular complexity index is 135. The van der Waals surface area contributed by atoms with Gasteiger partial charge in [-0.25, -0.2) is 0 Å². The molecule has 13 heavy (non-hydrogen) atoms. The summed E-state index contributed by atoms with van der Waals surface area (Å²) in [5.41, 5.74) is 0. The van der Waals surface area contributed by atoms with Gasteiger partial charge in [-0.15, -0.1) is 0 Å². The van der Waals surface area contributed by atoms with Crippen molar-refractivity contribution in [1.82, 2.24) is 10.2 Å². The molecule has 0 atom stereocenters.